The Morgan fingerprint density at radius 3 is 2.22 bits per heavy atom. The third kappa shape index (κ3) is 4.19. The lowest BCUT2D eigenvalue weighted by molar-refractivity contribution is -0.0493. The van der Waals surface area contributed by atoms with Gasteiger partial charge in [-0.15, -0.1) is 0 Å². The molecule has 0 saturated heterocycles. The SMILES string of the molecule is Cc1ccc(S(=O)(=O)Nc2ccc(C)cc2OC(F)F)c(C)c1. The minimum atomic E-state index is -3.91. The third-order valence-electron chi connectivity index (χ3n) is 3.22. The van der Waals surface area contributed by atoms with E-state index in [1.807, 2.05) is 6.92 Å². The fourth-order valence-electron chi connectivity index (χ4n) is 2.21. The summed E-state index contributed by atoms with van der Waals surface area (Å²) in [6.45, 7) is 2.18. The maximum atomic E-state index is 12.5. The number of hydrogen-bond donors (Lipinski definition) is 1. The molecular weight excluding hydrogens is 324 g/mol. The summed E-state index contributed by atoms with van der Waals surface area (Å²) in [4.78, 5) is 0.0895. The van der Waals surface area contributed by atoms with Gasteiger partial charge in [-0.05, 0) is 50.1 Å². The third-order valence-corrected chi connectivity index (χ3v) is 4.74. The summed E-state index contributed by atoms with van der Waals surface area (Å²) >= 11 is 0. The molecule has 7 heteroatoms. The van der Waals surface area contributed by atoms with Gasteiger partial charge in [-0.3, -0.25) is 4.72 Å². The first kappa shape index (κ1) is 17.2. The highest BCUT2D eigenvalue weighted by Crippen LogP contribution is 2.30. The Balaban J connectivity index is 2.41. The molecule has 0 amide bonds. The van der Waals surface area contributed by atoms with Gasteiger partial charge in [0.2, 0.25) is 0 Å². The van der Waals surface area contributed by atoms with Crippen LogP contribution in [-0.4, -0.2) is 15.0 Å². The summed E-state index contributed by atoms with van der Waals surface area (Å²) in [5.41, 5.74) is 2.14. The average Bonchev–Trinajstić information content (AvgIpc) is 2.40. The van der Waals surface area contributed by atoms with Crippen molar-refractivity contribution in [2.75, 3.05) is 4.72 Å². The molecule has 0 atom stereocenters. The standard InChI is InChI=1S/C16H17F2NO3S/c1-10-5-7-15(12(3)8-10)23(20,21)19-13-6-4-11(2)9-14(13)22-16(17)18/h4-9,16,19H,1-3H3. The summed E-state index contributed by atoms with van der Waals surface area (Å²) < 4.78 is 56.7. The Labute approximate surface area is 134 Å². The number of rotatable bonds is 5. The molecular formula is C16H17F2NO3S. The van der Waals surface area contributed by atoms with E-state index in [2.05, 4.69) is 9.46 Å². The molecule has 0 aliphatic rings. The van der Waals surface area contributed by atoms with Crippen molar-refractivity contribution < 1.29 is 21.9 Å². The van der Waals surface area contributed by atoms with Crippen LogP contribution >= 0.6 is 0 Å². The first-order chi connectivity index (χ1) is 10.7. The highest BCUT2D eigenvalue weighted by atomic mass is 32.2. The number of ether oxygens (including phenoxy) is 1. The maximum absolute atomic E-state index is 12.5. The lowest BCUT2D eigenvalue weighted by Gasteiger charge is -2.15. The zero-order valence-electron chi connectivity index (χ0n) is 12.9. The number of anilines is 1. The number of sulfonamides is 1. The minimum absolute atomic E-state index is 0.0316. The van der Waals surface area contributed by atoms with Crippen molar-refractivity contribution >= 4 is 15.7 Å². The van der Waals surface area contributed by atoms with Gasteiger partial charge in [-0.2, -0.15) is 8.78 Å². The van der Waals surface area contributed by atoms with Crippen LogP contribution in [0.1, 0.15) is 16.7 Å². The van der Waals surface area contributed by atoms with E-state index >= 15 is 0 Å². The van der Waals surface area contributed by atoms with Crippen molar-refractivity contribution in [2.45, 2.75) is 32.3 Å². The van der Waals surface area contributed by atoms with Gasteiger partial charge in [0.1, 0.15) is 5.75 Å². The predicted octanol–water partition coefficient (Wildman–Crippen LogP) is 4.01. The van der Waals surface area contributed by atoms with Gasteiger partial charge in [0.05, 0.1) is 10.6 Å². The van der Waals surface area contributed by atoms with Crippen molar-refractivity contribution in [2.24, 2.45) is 0 Å². The second-order valence-electron chi connectivity index (χ2n) is 5.25. The van der Waals surface area contributed by atoms with Crippen LogP contribution in [0.3, 0.4) is 0 Å². The molecule has 1 N–H and O–H groups in total. The summed E-state index contributed by atoms with van der Waals surface area (Å²) in [5, 5.41) is 0. The van der Waals surface area contributed by atoms with Gasteiger partial charge in [0.15, 0.2) is 0 Å². The van der Waals surface area contributed by atoms with Gasteiger partial charge in [0.25, 0.3) is 10.0 Å². The first-order valence-corrected chi connectivity index (χ1v) is 8.33. The Morgan fingerprint density at radius 1 is 1.00 bits per heavy atom. The van der Waals surface area contributed by atoms with E-state index in [1.54, 1.807) is 32.0 Å². The average molecular weight is 341 g/mol. The largest absolute Gasteiger partial charge is 0.433 e. The monoisotopic (exact) mass is 341 g/mol. The number of alkyl halides is 2. The van der Waals surface area contributed by atoms with E-state index in [0.717, 1.165) is 5.56 Å². The van der Waals surface area contributed by atoms with Gasteiger partial charge in [-0.25, -0.2) is 8.42 Å². The quantitative estimate of drug-likeness (QED) is 0.894. The van der Waals surface area contributed by atoms with Gasteiger partial charge < -0.3 is 4.74 Å². The number of benzene rings is 2. The highest BCUT2D eigenvalue weighted by molar-refractivity contribution is 7.92. The molecule has 0 radical (unpaired) electrons. The molecule has 0 fully saturated rings. The zero-order valence-corrected chi connectivity index (χ0v) is 13.7. The van der Waals surface area contributed by atoms with Crippen molar-refractivity contribution in [3.63, 3.8) is 0 Å². The van der Waals surface area contributed by atoms with E-state index in [4.69, 9.17) is 0 Å². The molecule has 23 heavy (non-hydrogen) atoms. The Kier molecular flexibility index (Phi) is 4.89. The van der Waals surface area contributed by atoms with Crippen LogP contribution in [0.5, 0.6) is 5.75 Å². The fraction of sp³-hybridized carbons (Fsp3) is 0.250. The molecule has 4 nitrogen and oxygen atoms in total. The van der Waals surface area contributed by atoms with E-state index in [9.17, 15) is 17.2 Å². The Hall–Kier alpha value is -2.15. The van der Waals surface area contributed by atoms with Gasteiger partial charge >= 0.3 is 6.61 Å². The Bertz CT molecular complexity index is 820. The van der Waals surface area contributed by atoms with Crippen molar-refractivity contribution in [3.05, 3.63) is 53.1 Å². The molecule has 0 bridgehead atoms. The molecule has 2 aromatic rings. The molecule has 0 unspecified atom stereocenters. The second-order valence-corrected chi connectivity index (χ2v) is 6.90. The summed E-state index contributed by atoms with van der Waals surface area (Å²) in [6.07, 6.45) is 0. The summed E-state index contributed by atoms with van der Waals surface area (Å²) in [5.74, 6) is -0.215. The van der Waals surface area contributed by atoms with Crippen molar-refractivity contribution in [1.82, 2.24) is 0 Å². The Morgan fingerprint density at radius 2 is 1.61 bits per heavy atom. The topological polar surface area (TPSA) is 55.4 Å². The van der Waals surface area contributed by atoms with Crippen LogP contribution in [-0.2, 0) is 10.0 Å². The van der Waals surface area contributed by atoms with Gasteiger partial charge in [-0.1, -0.05) is 23.8 Å². The molecule has 124 valence electrons. The summed E-state index contributed by atoms with van der Waals surface area (Å²) in [6, 6.07) is 9.25. The van der Waals surface area contributed by atoms with Crippen LogP contribution in [0.15, 0.2) is 41.3 Å². The van der Waals surface area contributed by atoms with Gasteiger partial charge in [0, 0.05) is 0 Å². The lowest BCUT2D eigenvalue weighted by Crippen LogP contribution is -2.16. The normalized spacial score (nSPS) is 11.6. The zero-order chi connectivity index (χ0) is 17.2. The highest BCUT2D eigenvalue weighted by Gasteiger charge is 2.20. The number of halogens is 2. The van der Waals surface area contributed by atoms with Crippen LogP contribution in [0.2, 0.25) is 0 Å². The molecule has 0 heterocycles. The molecule has 0 aromatic heterocycles. The van der Waals surface area contributed by atoms with E-state index in [-0.39, 0.29) is 16.3 Å². The molecule has 2 rings (SSSR count). The number of nitrogens with one attached hydrogen (secondary N) is 1. The first-order valence-electron chi connectivity index (χ1n) is 6.84. The van der Waals surface area contributed by atoms with Crippen molar-refractivity contribution in [1.29, 1.82) is 0 Å². The van der Waals surface area contributed by atoms with Crippen molar-refractivity contribution in [3.8, 4) is 5.75 Å². The fourth-order valence-corrected chi connectivity index (χ4v) is 3.51. The lowest BCUT2D eigenvalue weighted by atomic mass is 10.2. The second kappa shape index (κ2) is 6.54. The maximum Gasteiger partial charge on any atom is 0.387 e. The molecule has 0 saturated carbocycles. The number of aryl methyl sites for hydroxylation is 3. The predicted molar refractivity (Wildman–Crippen MR) is 84.5 cm³/mol. The number of hydrogen-bond acceptors (Lipinski definition) is 3. The smallest absolute Gasteiger partial charge is 0.387 e. The van der Waals surface area contributed by atoms with Crippen LogP contribution in [0, 0.1) is 20.8 Å². The van der Waals surface area contributed by atoms with E-state index < -0.39 is 16.6 Å². The molecule has 0 spiro atoms. The minimum Gasteiger partial charge on any atom is -0.433 e. The van der Waals surface area contributed by atoms with Crippen LogP contribution < -0.4 is 9.46 Å². The van der Waals surface area contributed by atoms with Crippen LogP contribution in [0.4, 0.5) is 14.5 Å². The van der Waals surface area contributed by atoms with E-state index in [1.165, 1.54) is 18.2 Å². The molecule has 0 aliphatic carbocycles. The summed E-state index contributed by atoms with van der Waals surface area (Å²) in [7, 11) is -3.91. The van der Waals surface area contributed by atoms with E-state index in [0.29, 0.717) is 11.1 Å². The van der Waals surface area contributed by atoms with Crippen LogP contribution in [0.25, 0.3) is 0 Å². The molecule has 2 aromatic carbocycles. The molecule has 0 aliphatic heterocycles.